The van der Waals surface area contributed by atoms with Crippen molar-refractivity contribution in [1.82, 2.24) is 0 Å². The Hall–Kier alpha value is -2.23. The second kappa shape index (κ2) is 4.56. The molecule has 0 radical (unpaired) electrons. The summed E-state index contributed by atoms with van der Waals surface area (Å²) < 4.78 is 26.9. The number of carboxylic acid groups (broad SMARTS) is 1. The highest BCUT2D eigenvalue weighted by atomic mass is 19.1. The van der Waals surface area contributed by atoms with Crippen molar-refractivity contribution in [2.75, 3.05) is 0 Å². The average Bonchev–Trinajstić information content (AvgIpc) is 2.32. The SMILES string of the molecule is Cc1ccc(-c2cccc(F)c2C(=O)O)cc1F. The average molecular weight is 248 g/mol. The number of aryl methyl sites for hydroxylation is 1. The van der Waals surface area contributed by atoms with Crippen LogP contribution in [0.5, 0.6) is 0 Å². The predicted molar refractivity (Wildman–Crippen MR) is 63.5 cm³/mol. The molecule has 0 amide bonds. The highest BCUT2D eigenvalue weighted by Crippen LogP contribution is 2.27. The molecule has 0 bridgehead atoms. The fraction of sp³-hybridized carbons (Fsp3) is 0.0714. The molecule has 2 rings (SSSR count). The fourth-order valence-electron chi connectivity index (χ4n) is 1.74. The Morgan fingerprint density at radius 1 is 1.11 bits per heavy atom. The van der Waals surface area contributed by atoms with Crippen molar-refractivity contribution in [3.63, 3.8) is 0 Å². The maximum Gasteiger partial charge on any atom is 0.339 e. The molecule has 0 unspecified atom stereocenters. The first kappa shape index (κ1) is 12.2. The lowest BCUT2D eigenvalue weighted by Crippen LogP contribution is -2.03. The number of carbonyl (C=O) groups is 1. The first-order valence-corrected chi connectivity index (χ1v) is 5.29. The van der Waals surface area contributed by atoms with Crippen molar-refractivity contribution < 1.29 is 18.7 Å². The summed E-state index contributed by atoms with van der Waals surface area (Å²) in [6.07, 6.45) is 0. The Labute approximate surface area is 103 Å². The Bertz CT molecular complexity index is 621. The Balaban J connectivity index is 2.67. The zero-order valence-corrected chi connectivity index (χ0v) is 9.58. The molecule has 2 aromatic rings. The van der Waals surface area contributed by atoms with E-state index in [0.717, 1.165) is 6.07 Å². The summed E-state index contributed by atoms with van der Waals surface area (Å²) in [5.74, 6) is -2.65. The van der Waals surface area contributed by atoms with E-state index in [2.05, 4.69) is 0 Å². The van der Waals surface area contributed by atoms with Gasteiger partial charge in [-0.15, -0.1) is 0 Å². The Kier molecular flexibility index (Phi) is 3.10. The minimum absolute atomic E-state index is 0.168. The molecule has 0 atom stereocenters. The molecule has 0 aliphatic heterocycles. The van der Waals surface area contributed by atoms with E-state index < -0.39 is 23.2 Å². The van der Waals surface area contributed by atoms with Crippen LogP contribution < -0.4 is 0 Å². The van der Waals surface area contributed by atoms with Gasteiger partial charge in [0.1, 0.15) is 17.2 Å². The third kappa shape index (κ3) is 2.09. The summed E-state index contributed by atoms with van der Waals surface area (Å²) in [6, 6.07) is 8.22. The van der Waals surface area contributed by atoms with Crippen LogP contribution in [0.15, 0.2) is 36.4 Å². The highest BCUT2D eigenvalue weighted by Gasteiger charge is 2.17. The first-order valence-electron chi connectivity index (χ1n) is 5.29. The van der Waals surface area contributed by atoms with Crippen LogP contribution in [0.3, 0.4) is 0 Å². The maximum atomic E-state index is 13.5. The molecule has 92 valence electrons. The van der Waals surface area contributed by atoms with Gasteiger partial charge in [-0.2, -0.15) is 0 Å². The number of halogens is 2. The maximum absolute atomic E-state index is 13.5. The molecule has 0 aliphatic rings. The molecule has 0 saturated carbocycles. The summed E-state index contributed by atoms with van der Waals surface area (Å²) in [5, 5.41) is 9.00. The lowest BCUT2D eigenvalue weighted by atomic mass is 9.98. The number of benzene rings is 2. The number of aromatic carboxylic acids is 1. The molecule has 0 aromatic heterocycles. The first-order chi connectivity index (χ1) is 8.50. The molecule has 4 heteroatoms. The predicted octanol–water partition coefficient (Wildman–Crippen LogP) is 3.64. The van der Waals surface area contributed by atoms with Crippen LogP contribution >= 0.6 is 0 Å². The monoisotopic (exact) mass is 248 g/mol. The second-order valence-electron chi connectivity index (χ2n) is 3.93. The third-order valence-electron chi connectivity index (χ3n) is 2.71. The van der Waals surface area contributed by atoms with Crippen LogP contribution in [-0.2, 0) is 0 Å². The van der Waals surface area contributed by atoms with E-state index in [1.165, 1.54) is 24.3 Å². The number of hydrogen-bond acceptors (Lipinski definition) is 1. The van der Waals surface area contributed by atoms with Gasteiger partial charge in [0.25, 0.3) is 0 Å². The van der Waals surface area contributed by atoms with E-state index in [4.69, 9.17) is 5.11 Å². The molecule has 0 spiro atoms. The van der Waals surface area contributed by atoms with Crippen LogP contribution in [0.1, 0.15) is 15.9 Å². The van der Waals surface area contributed by atoms with Gasteiger partial charge in [0.05, 0.1) is 0 Å². The quantitative estimate of drug-likeness (QED) is 0.880. The molecule has 18 heavy (non-hydrogen) atoms. The normalized spacial score (nSPS) is 10.4. The van der Waals surface area contributed by atoms with E-state index in [9.17, 15) is 13.6 Å². The number of carboxylic acids is 1. The zero-order valence-electron chi connectivity index (χ0n) is 9.58. The molecule has 2 nitrogen and oxygen atoms in total. The number of rotatable bonds is 2. The molecular formula is C14H10F2O2. The van der Waals surface area contributed by atoms with E-state index in [1.54, 1.807) is 13.0 Å². The van der Waals surface area contributed by atoms with Gasteiger partial charge in [0.2, 0.25) is 0 Å². The summed E-state index contributed by atoms with van der Waals surface area (Å²) in [4.78, 5) is 11.0. The summed E-state index contributed by atoms with van der Waals surface area (Å²) >= 11 is 0. The van der Waals surface area contributed by atoms with E-state index in [-0.39, 0.29) is 5.56 Å². The standard InChI is InChI=1S/C14H10F2O2/c1-8-5-6-9(7-12(8)16)10-3-2-4-11(15)13(10)14(17)18/h2-7H,1H3,(H,17,18). The Morgan fingerprint density at radius 2 is 1.83 bits per heavy atom. The van der Waals surface area contributed by atoms with Gasteiger partial charge in [-0.1, -0.05) is 24.3 Å². The van der Waals surface area contributed by atoms with Gasteiger partial charge in [0.15, 0.2) is 0 Å². The van der Waals surface area contributed by atoms with Crippen molar-refractivity contribution in [2.24, 2.45) is 0 Å². The molecule has 0 aliphatic carbocycles. The molecule has 0 saturated heterocycles. The van der Waals surface area contributed by atoms with E-state index >= 15 is 0 Å². The van der Waals surface area contributed by atoms with Gasteiger partial charge >= 0.3 is 5.97 Å². The van der Waals surface area contributed by atoms with Gasteiger partial charge in [-0.05, 0) is 35.7 Å². The molecule has 1 N–H and O–H groups in total. The fourth-order valence-corrected chi connectivity index (χ4v) is 1.74. The summed E-state index contributed by atoms with van der Waals surface area (Å²) in [7, 11) is 0. The minimum atomic E-state index is -1.37. The smallest absolute Gasteiger partial charge is 0.339 e. The van der Waals surface area contributed by atoms with Crippen molar-refractivity contribution in [3.05, 3.63) is 59.2 Å². The van der Waals surface area contributed by atoms with Crippen LogP contribution in [0, 0.1) is 18.6 Å². The van der Waals surface area contributed by atoms with Crippen LogP contribution in [-0.4, -0.2) is 11.1 Å². The van der Waals surface area contributed by atoms with Crippen LogP contribution in [0.25, 0.3) is 11.1 Å². The van der Waals surface area contributed by atoms with Crippen molar-refractivity contribution in [3.8, 4) is 11.1 Å². The Morgan fingerprint density at radius 3 is 2.44 bits per heavy atom. The van der Waals surface area contributed by atoms with Crippen LogP contribution in [0.4, 0.5) is 8.78 Å². The van der Waals surface area contributed by atoms with Gasteiger partial charge in [0, 0.05) is 0 Å². The van der Waals surface area contributed by atoms with Crippen molar-refractivity contribution >= 4 is 5.97 Å². The summed E-state index contributed by atoms with van der Waals surface area (Å²) in [5.41, 5.74) is 0.518. The molecular weight excluding hydrogens is 238 g/mol. The third-order valence-corrected chi connectivity index (χ3v) is 2.71. The van der Waals surface area contributed by atoms with Crippen LogP contribution in [0.2, 0.25) is 0 Å². The topological polar surface area (TPSA) is 37.3 Å². The second-order valence-corrected chi connectivity index (χ2v) is 3.93. The lowest BCUT2D eigenvalue weighted by Gasteiger charge is -2.08. The largest absolute Gasteiger partial charge is 0.478 e. The van der Waals surface area contributed by atoms with Gasteiger partial charge in [-0.3, -0.25) is 0 Å². The highest BCUT2D eigenvalue weighted by molar-refractivity contribution is 5.96. The van der Waals surface area contributed by atoms with E-state index in [1.807, 2.05) is 0 Å². The summed E-state index contributed by atoms with van der Waals surface area (Å²) in [6.45, 7) is 1.60. The molecule has 0 heterocycles. The van der Waals surface area contributed by atoms with Gasteiger partial charge < -0.3 is 5.11 Å². The van der Waals surface area contributed by atoms with Crippen molar-refractivity contribution in [1.29, 1.82) is 0 Å². The van der Waals surface area contributed by atoms with E-state index in [0.29, 0.717) is 11.1 Å². The molecule has 0 fully saturated rings. The van der Waals surface area contributed by atoms with Crippen molar-refractivity contribution in [2.45, 2.75) is 6.92 Å². The van der Waals surface area contributed by atoms with Gasteiger partial charge in [-0.25, -0.2) is 13.6 Å². The number of hydrogen-bond donors (Lipinski definition) is 1. The molecule has 2 aromatic carbocycles. The minimum Gasteiger partial charge on any atom is -0.478 e. The zero-order chi connectivity index (χ0) is 13.3. The lowest BCUT2D eigenvalue weighted by molar-refractivity contribution is 0.0693.